The van der Waals surface area contributed by atoms with Gasteiger partial charge in [0.15, 0.2) is 0 Å². The molecular formula is C21H20FNO2. The van der Waals surface area contributed by atoms with Crippen LogP contribution in [-0.2, 0) is 17.8 Å². The van der Waals surface area contributed by atoms with Gasteiger partial charge in [0.1, 0.15) is 11.6 Å². The molecule has 128 valence electrons. The average Bonchev–Trinajstić information content (AvgIpc) is 2.61. The van der Waals surface area contributed by atoms with Gasteiger partial charge < -0.3 is 9.64 Å². The molecule has 4 heteroatoms. The summed E-state index contributed by atoms with van der Waals surface area (Å²) in [4.78, 5) is 14.0. The van der Waals surface area contributed by atoms with Crippen LogP contribution >= 0.6 is 0 Å². The number of fused-ring (bicyclic) bond motifs is 1. The van der Waals surface area contributed by atoms with Gasteiger partial charge in [0.05, 0.1) is 13.5 Å². The molecule has 3 nitrogen and oxygen atoms in total. The van der Waals surface area contributed by atoms with E-state index in [2.05, 4.69) is 6.07 Å². The Kier molecular flexibility index (Phi) is 4.98. The van der Waals surface area contributed by atoms with Crippen LogP contribution in [0.15, 0.2) is 60.7 Å². The number of carbonyl (C=O) groups is 1. The minimum absolute atomic E-state index is 0.0413. The lowest BCUT2D eigenvalue weighted by molar-refractivity contribution is -0.129. The first-order valence-corrected chi connectivity index (χ1v) is 8.10. The summed E-state index contributed by atoms with van der Waals surface area (Å²) < 4.78 is 18.5. The first-order chi connectivity index (χ1) is 12.0. The van der Waals surface area contributed by atoms with Crippen LogP contribution in [0.3, 0.4) is 0 Å². The molecule has 0 aliphatic rings. The number of likely N-dealkylation sites (N-methyl/N-ethyl adjacent to an activating group) is 1. The number of nitrogens with zero attached hydrogens (tertiary/aromatic N) is 1. The molecule has 0 aromatic heterocycles. The van der Waals surface area contributed by atoms with Gasteiger partial charge in [-0.2, -0.15) is 0 Å². The van der Waals surface area contributed by atoms with E-state index in [1.807, 2.05) is 30.3 Å². The minimum atomic E-state index is -0.321. The summed E-state index contributed by atoms with van der Waals surface area (Å²) in [6.45, 7) is 0.510. The van der Waals surface area contributed by atoms with Crippen molar-refractivity contribution in [3.8, 4) is 5.75 Å². The Balaban J connectivity index is 1.70. The van der Waals surface area contributed by atoms with Crippen molar-refractivity contribution in [3.63, 3.8) is 0 Å². The summed E-state index contributed by atoms with van der Waals surface area (Å²) in [5.74, 6) is 0.459. The summed E-state index contributed by atoms with van der Waals surface area (Å²) in [5, 5.41) is 2.20. The van der Waals surface area contributed by atoms with E-state index in [4.69, 9.17) is 4.74 Å². The van der Waals surface area contributed by atoms with E-state index in [1.165, 1.54) is 12.1 Å². The second-order valence-electron chi connectivity index (χ2n) is 6.10. The zero-order valence-corrected chi connectivity index (χ0v) is 14.3. The number of hydrogen-bond acceptors (Lipinski definition) is 2. The number of halogens is 1. The lowest BCUT2D eigenvalue weighted by Gasteiger charge is -2.18. The quantitative estimate of drug-likeness (QED) is 0.699. The highest BCUT2D eigenvalue weighted by molar-refractivity contribution is 5.84. The third-order valence-corrected chi connectivity index (χ3v) is 4.20. The molecule has 0 bridgehead atoms. The molecule has 0 saturated carbocycles. The highest BCUT2D eigenvalue weighted by atomic mass is 19.1. The largest absolute Gasteiger partial charge is 0.497 e. The van der Waals surface area contributed by atoms with Crippen LogP contribution in [0, 0.1) is 5.82 Å². The molecular weight excluding hydrogens is 317 g/mol. The normalized spacial score (nSPS) is 10.7. The fourth-order valence-corrected chi connectivity index (χ4v) is 2.82. The van der Waals surface area contributed by atoms with Gasteiger partial charge >= 0.3 is 0 Å². The van der Waals surface area contributed by atoms with E-state index in [0.717, 1.165) is 22.1 Å². The maximum absolute atomic E-state index is 13.2. The highest BCUT2D eigenvalue weighted by Crippen LogP contribution is 2.22. The average molecular weight is 337 g/mol. The van der Waals surface area contributed by atoms with Crippen LogP contribution in [0.4, 0.5) is 4.39 Å². The first-order valence-electron chi connectivity index (χ1n) is 8.10. The molecule has 3 aromatic rings. The summed E-state index contributed by atoms with van der Waals surface area (Å²) >= 11 is 0. The fraction of sp³-hybridized carbons (Fsp3) is 0.190. The first kappa shape index (κ1) is 17.0. The highest BCUT2D eigenvalue weighted by Gasteiger charge is 2.11. The van der Waals surface area contributed by atoms with Gasteiger partial charge in [-0.05, 0) is 52.2 Å². The summed E-state index contributed by atoms with van der Waals surface area (Å²) in [5.41, 5.74) is 1.73. The Labute approximate surface area is 146 Å². The van der Waals surface area contributed by atoms with Crippen LogP contribution in [0.2, 0.25) is 0 Å². The Morgan fingerprint density at radius 1 is 1.00 bits per heavy atom. The fourth-order valence-electron chi connectivity index (χ4n) is 2.82. The third-order valence-electron chi connectivity index (χ3n) is 4.20. The van der Waals surface area contributed by atoms with Crippen molar-refractivity contribution in [2.75, 3.05) is 14.2 Å². The van der Waals surface area contributed by atoms with Crippen molar-refractivity contribution in [1.82, 2.24) is 4.90 Å². The molecule has 0 aliphatic carbocycles. The number of methoxy groups -OCH3 is 1. The number of amides is 1. The number of benzene rings is 3. The lowest BCUT2D eigenvalue weighted by Crippen LogP contribution is -2.27. The van der Waals surface area contributed by atoms with E-state index in [9.17, 15) is 9.18 Å². The molecule has 3 rings (SSSR count). The zero-order chi connectivity index (χ0) is 17.8. The van der Waals surface area contributed by atoms with E-state index < -0.39 is 0 Å². The van der Waals surface area contributed by atoms with E-state index in [0.29, 0.717) is 12.1 Å². The van der Waals surface area contributed by atoms with Crippen LogP contribution < -0.4 is 4.74 Å². The molecule has 0 atom stereocenters. The SMILES string of the molecule is COc1ccc2cc(CN(C)C(=O)Cc3cccc(F)c3)ccc2c1. The molecule has 25 heavy (non-hydrogen) atoms. The van der Waals surface area contributed by atoms with Crippen molar-refractivity contribution in [1.29, 1.82) is 0 Å². The maximum atomic E-state index is 13.2. The molecule has 0 N–H and O–H groups in total. The van der Waals surface area contributed by atoms with Crippen LogP contribution in [-0.4, -0.2) is 25.0 Å². The summed E-state index contributed by atoms with van der Waals surface area (Å²) in [6, 6.07) is 18.2. The standard InChI is InChI=1S/C21H20FNO2/c1-23(21(24)12-15-4-3-5-19(22)11-15)14-16-6-7-18-13-20(25-2)9-8-17(18)10-16/h3-11,13H,12,14H2,1-2H3. The third kappa shape index (κ3) is 4.15. The Morgan fingerprint density at radius 3 is 2.52 bits per heavy atom. The summed E-state index contributed by atoms with van der Waals surface area (Å²) in [7, 11) is 3.41. The Morgan fingerprint density at radius 2 is 1.76 bits per heavy atom. The molecule has 0 spiro atoms. The second kappa shape index (κ2) is 7.34. The van der Waals surface area contributed by atoms with Crippen molar-refractivity contribution < 1.29 is 13.9 Å². The van der Waals surface area contributed by atoms with Gasteiger partial charge in [0.2, 0.25) is 5.91 Å². The molecule has 0 fully saturated rings. The van der Waals surface area contributed by atoms with Crippen LogP contribution in [0.25, 0.3) is 10.8 Å². The predicted molar refractivity (Wildman–Crippen MR) is 97.1 cm³/mol. The van der Waals surface area contributed by atoms with Gasteiger partial charge in [-0.1, -0.05) is 30.3 Å². The summed E-state index contributed by atoms with van der Waals surface area (Å²) in [6.07, 6.45) is 0.193. The topological polar surface area (TPSA) is 29.5 Å². The second-order valence-corrected chi connectivity index (χ2v) is 6.10. The maximum Gasteiger partial charge on any atom is 0.227 e. The minimum Gasteiger partial charge on any atom is -0.497 e. The molecule has 0 radical (unpaired) electrons. The Bertz CT molecular complexity index is 907. The van der Waals surface area contributed by atoms with Crippen molar-refractivity contribution >= 4 is 16.7 Å². The van der Waals surface area contributed by atoms with Gasteiger partial charge in [-0.25, -0.2) is 4.39 Å². The smallest absolute Gasteiger partial charge is 0.227 e. The van der Waals surface area contributed by atoms with Crippen LogP contribution in [0.1, 0.15) is 11.1 Å². The van der Waals surface area contributed by atoms with Crippen molar-refractivity contribution in [2.45, 2.75) is 13.0 Å². The number of rotatable bonds is 5. The predicted octanol–water partition coefficient (Wildman–Crippen LogP) is 4.19. The molecule has 0 heterocycles. The van der Waals surface area contributed by atoms with Crippen molar-refractivity contribution in [3.05, 3.63) is 77.6 Å². The zero-order valence-electron chi connectivity index (χ0n) is 14.3. The molecule has 0 unspecified atom stereocenters. The van der Waals surface area contributed by atoms with Gasteiger partial charge in [0.25, 0.3) is 0 Å². The number of hydrogen-bond donors (Lipinski definition) is 0. The van der Waals surface area contributed by atoms with Gasteiger partial charge in [0, 0.05) is 13.6 Å². The Hall–Kier alpha value is -2.88. The molecule has 0 aliphatic heterocycles. The number of ether oxygens (including phenoxy) is 1. The number of carbonyl (C=O) groups excluding carboxylic acids is 1. The van der Waals surface area contributed by atoms with Crippen molar-refractivity contribution in [2.24, 2.45) is 0 Å². The van der Waals surface area contributed by atoms with Crippen LogP contribution in [0.5, 0.6) is 5.75 Å². The lowest BCUT2D eigenvalue weighted by atomic mass is 10.1. The monoisotopic (exact) mass is 337 g/mol. The molecule has 0 saturated heterocycles. The van der Waals surface area contributed by atoms with E-state index >= 15 is 0 Å². The van der Waals surface area contributed by atoms with Gasteiger partial charge in [-0.3, -0.25) is 4.79 Å². The molecule has 3 aromatic carbocycles. The van der Waals surface area contributed by atoms with Gasteiger partial charge in [-0.15, -0.1) is 0 Å². The van der Waals surface area contributed by atoms with E-state index in [-0.39, 0.29) is 18.1 Å². The van der Waals surface area contributed by atoms with E-state index in [1.54, 1.807) is 31.2 Å². The molecule has 1 amide bonds.